The van der Waals surface area contributed by atoms with Gasteiger partial charge in [0.25, 0.3) is 0 Å². The molecule has 158 valence electrons. The molecule has 3 heterocycles. The Morgan fingerprint density at radius 3 is 2.87 bits per heavy atom. The predicted octanol–water partition coefficient (Wildman–Crippen LogP) is 2.58. The van der Waals surface area contributed by atoms with Gasteiger partial charge in [0.2, 0.25) is 5.91 Å². The van der Waals surface area contributed by atoms with E-state index in [1.165, 1.54) is 12.3 Å². The maximum absolute atomic E-state index is 13.2. The number of rotatable bonds is 5. The molecule has 1 saturated heterocycles. The van der Waals surface area contributed by atoms with E-state index in [1.54, 1.807) is 12.1 Å². The van der Waals surface area contributed by atoms with Crippen molar-refractivity contribution in [2.45, 2.75) is 32.5 Å². The third-order valence-corrected chi connectivity index (χ3v) is 5.93. The lowest BCUT2D eigenvalue weighted by Crippen LogP contribution is -2.40. The van der Waals surface area contributed by atoms with Gasteiger partial charge in [-0.15, -0.1) is 0 Å². The predicted molar refractivity (Wildman–Crippen MR) is 107 cm³/mol. The third kappa shape index (κ3) is 4.20. The molecule has 30 heavy (non-hydrogen) atoms. The summed E-state index contributed by atoms with van der Waals surface area (Å²) in [5.74, 6) is -1.11. The molecule has 1 amide bonds. The van der Waals surface area contributed by atoms with E-state index < -0.39 is 11.9 Å². The summed E-state index contributed by atoms with van der Waals surface area (Å²) in [7, 11) is 0. The summed E-state index contributed by atoms with van der Waals surface area (Å²) in [5, 5.41) is 13.5. The number of amides is 1. The molecule has 1 fully saturated rings. The number of halogens is 1. The van der Waals surface area contributed by atoms with Crippen molar-refractivity contribution in [1.82, 2.24) is 9.88 Å². The number of anilines is 1. The fraction of sp³-hybridized carbons (Fsp3) is 0.409. The maximum atomic E-state index is 13.2. The smallest absolute Gasteiger partial charge is 0.338 e. The van der Waals surface area contributed by atoms with Gasteiger partial charge in [-0.2, -0.15) is 0 Å². The average molecular weight is 413 g/mol. The fourth-order valence-corrected chi connectivity index (χ4v) is 4.17. The minimum Gasteiger partial charge on any atom is -0.457 e. The number of aromatic nitrogens is 1. The zero-order valence-electron chi connectivity index (χ0n) is 16.7. The monoisotopic (exact) mass is 413 g/mol. The van der Waals surface area contributed by atoms with E-state index in [1.807, 2.05) is 6.92 Å². The molecule has 2 N–H and O–H groups in total. The lowest BCUT2D eigenvalue weighted by atomic mass is 9.93. The lowest BCUT2D eigenvalue weighted by Gasteiger charge is -2.33. The number of fused-ring (bicyclic) bond motifs is 1. The third-order valence-electron chi connectivity index (χ3n) is 5.93. The Kier molecular flexibility index (Phi) is 5.78. The quantitative estimate of drug-likeness (QED) is 0.732. The number of nitrogens with one attached hydrogen (secondary N) is 1. The van der Waals surface area contributed by atoms with Crippen molar-refractivity contribution in [3.8, 4) is 0 Å². The van der Waals surface area contributed by atoms with Gasteiger partial charge in [0, 0.05) is 24.1 Å². The number of benzene rings is 1. The number of hydrogen-bond donors (Lipinski definition) is 2. The number of β-amino-alcohol motifs (C(OH)–C–C–N with tert-alkyl or cyclic N) is 1. The van der Waals surface area contributed by atoms with Gasteiger partial charge in [-0.3, -0.25) is 9.78 Å². The Hall–Kier alpha value is -2.84. The molecule has 1 aromatic heterocycles. The molecular formula is C22H24FN3O4. The number of piperidine rings is 1. The lowest BCUT2D eigenvalue weighted by molar-refractivity contribution is -0.121. The van der Waals surface area contributed by atoms with Crippen LogP contribution in [0.5, 0.6) is 0 Å². The van der Waals surface area contributed by atoms with Crippen molar-refractivity contribution in [1.29, 1.82) is 0 Å². The number of likely N-dealkylation sites (tertiary alicyclic amines) is 1. The molecule has 7 nitrogen and oxygen atoms in total. The van der Waals surface area contributed by atoms with Crippen molar-refractivity contribution in [3.05, 3.63) is 58.7 Å². The van der Waals surface area contributed by atoms with Crippen LogP contribution in [0.4, 0.5) is 10.1 Å². The first-order valence-electron chi connectivity index (χ1n) is 10.0. The molecule has 0 saturated carbocycles. The van der Waals surface area contributed by atoms with Crippen molar-refractivity contribution in [2.75, 3.05) is 25.0 Å². The van der Waals surface area contributed by atoms with Crippen LogP contribution < -0.4 is 5.32 Å². The van der Waals surface area contributed by atoms with E-state index >= 15 is 0 Å². The normalized spacial score (nSPS) is 18.0. The summed E-state index contributed by atoms with van der Waals surface area (Å²) in [5.41, 5.74) is 3.46. The first-order valence-corrected chi connectivity index (χ1v) is 10.0. The van der Waals surface area contributed by atoms with Crippen LogP contribution in [-0.4, -0.2) is 46.5 Å². The molecule has 2 aromatic rings. The summed E-state index contributed by atoms with van der Waals surface area (Å²) >= 11 is 0. The van der Waals surface area contributed by atoms with Crippen molar-refractivity contribution in [2.24, 2.45) is 5.92 Å². The highest BCUT2D eigenvalue weighted by Crippen LogP contribution is 2.30. The van der Waals surface area contributed by atoms with Crippen LogP contribution in [0, 0.1) is 18.7 Å². The maximum Gasteiger partial charge on any atom is 0.338 e. The highest BCUT2D eigenvalue weighted by Gasteiger charge is 2.29. The largest absolute Gasteiger partial charge is 0.457 e. The summed E-state index contributed by atoms with van der Waals surface area (Å²) in [4.78, 5) is 30.0. The summed E-state index contributed by atoms with van der Waals surface area (Å²) in [6.45, 7) is 3.97. The molecule has 1 unspecified atom stereocenters. The number of cyclic esters (lactones) is 1. The summed E-state index contributed by atoms with van der Waals surface area (Å²) in [6, 6.07) is 4.75. The molecule has 1 atom stereocenters. The molecule has 1 aromatic carbocycles. The Labute approximate surface area is 173 Å². The van der Waals surface area contributed by atoms with Crippen molar-refractivity contribution in [3.63, 3.8) is 0 Å². The van der Waals surface area contributed by atoms with Crippen molar-refractivity contribution >= 4 is 17.6 Å². The molecule has 2 aliphatic rings. The van der Waals surface area contributed by atoms with E-state index in [9.17, 15) is 19.1 Å². The standard InChI is InChI=1S/C22H24FN3O4/c1-13-17(2-3-18-19(13)12-30-22(18)29)20(27)11-26-6-4-14(5-7-26)21(28)25-16-8-15(23)9-24-10-16/h2-3,8-10,14,20,27H,4-7,11-12H2,1H3,(H,25,28). The molecule has 8 heteroatoms. The first kappa shape index (κ1) is 20.4. The Balaban J connectivity index is 1.32. The average Bonchev–Trinajstić information content (AvgIpc) is 3.10. The zero-order valence-corrected chi connectivity index (χ0v) is 16.7. The number of hydrogen-bond acceptors (Lipinski definition) is 6. The minimum atomic E-state index is -0.685. The van der Waals surface area contributed by atoms with Gasteiger partial charge in [-0.1, -0.05) is 6.07 Å². The van der Waals surface area contributed by atoms with Gasteiger partial charge in [0.1, 0.15) is 12.4 Å². The van der Waals surface area contributed by atoms with Crippen LogP contribution >= 0.6 is 0 Å². The number of carbonyl (C=O) groups excluding carboxylic acids is 2. The number of nitrogens with zero attached hydrogens (tertiary/aromatic N) is 2. The number of aliphatic hydroxyl groups excluding tert-OH is 1. The van der Waals surface area contributed by atoms with Gasteiger partial charge < -0.3 is 20.1 Å². The number of aliphatic hydroxyl groups is 1. The molecule has 4 rings (SSSR count). The minimum absolute atomic E-state index is 0.137. The van der Waals surface area contributed by atoms with Gasteiger partial charge >= 0.3 is 5.97 Å². The fourth-order valence-electron chi connectivity index (χ4n) is 4.17. The Bertz CT molecular complexity index is 973. The van der Waals surface area contributed by atoms with Crippen LogP contribution in [0.15, 0.2) is 30.6 Å². The second-order valence-corrected chi connectivity index (χ2v) is 7.85. The highest BCUT2D eigenvalue weighted by atomic mass is 19.1. The SMILES string of the molecule is Cc1c(C(O)CN2CCC(C(=O)Nc3cncc(F)c3)CC2)ccc2c1COC2=O. The second kappa shape index (κ2) is 8.49. The topological polar surface area (TPSA) is 91.8 Å². The van der Waals surface area contributed by atoms with Crippen LogP contribution in [0.1, 0.15) is 46.0 Å². The molecular weight excluding hydrogens is 389 g/mol. The van der Waals surface area contributed by atoms with Crippen LogP contribution in [-0.2, 0) is 16.1 Å². The van der Waals surface area contributed by atoms with Crippen LogP contribution in [0.3, 0.4) is 0 Å². The highest BCUT2D eigenvalue weighted by molar-refractivity contribution is 5.94. The van der Waals surface area contributed by atoms with Crippen molar-refractivity contribution < 1.29 is 23.8 Å². The molecule has 2 aliphatic heterocycles. The van der Waals surface area contributed by atoms with E-state index in [2.05, 4.69) is 15.2 Å². The molecule has 0 spiro atoms. The molecule has 0 radical (unpaired) electrons. The van der Waals surface area contributed by atoms with E-state index in [-0.39, 0.29) is 24.4 Å². The number of pyridine rings is 1. The zero-order chi connectivity index (χ0) is 21.3. The second-order valence-electron chi connectivity index (χ2n) is 7.85. The van der Waals surface area contributed by atoms with E-state index in [4.69, 9.17) is 4.74 Å². The van der Waals surface area contributed by atoms with Gasteiger partial charge in [-0.25, -0.2) is 9.18 Å². The number of carbonyl (C=O) groups is 2. The van der Waals surface area contributed by atoms with E-state index in [0.29, 0.717) is 43.7 Å². The van der Waals surface area contributed by atoms with Crippen LogP contribution in [0.25, 0.3) is 0 Å². The first-order chi connectivity index (χ1) is 14.4. The number of ether oxygens (including phenoxy) is 1. The van der Waals surface area contributed by atoms with Gasteiger partial charge in [-0.05, 0) is 50.0 Å². The molecule has 0 bridgehead atoms. The summed E-state index contributed by atoms with van der Waals surface area (Å²) in [6.07, 6.45) is 3.14. The Morgan fingerprint density at radius 1 is 1.37 bits per heavy atom. The number of esters is 1. The molecule has 0 aliphatic carbocycles. The van der Waals surface area contributed by atoms with Gasteiger partial charge in [0.05, 0.1) is 29.7 Å². The van der Waals surface area contributed by atoms with Crippen LogP contribution in [0.2, 0.25) is 0 Å². The summed E-state index contributed by atoms with van der Waals surface area (Å²) < 4.78 is 18.3. The van der Waals surface area contributed by atoms with Gasteiger partial charge in [0.15, 0.2) is 0 Å². The Morgan fingerprint density at radius 2 is 2.13 bits per heavy atom. The van der Waals surface area contributed by atoms with E-state index in [0.717, 1.165) is 22.9 Å².